The van der Waals surface area contributed by atoms with Gasteiger partial charge in [-0.3, -0.25) is 14.7 Å². The molecule has 0 aliphatic carbocycles. The van der Waals surface area contributed by atoms with E-state index in [2.05, 4.69) is 20.9 Å². The topological polar surface area (TPSA) is 137 Å². The van der Waals surface area contributed by atoms with E-state index >= 15 is 0 Å². The van der Waals surface area contributed by atoms with Crippen LogP contribution in [-0.2, 0) is 21.5 Å². The maximum Gasteiger partial charge on any atom is 0.490 e. The molecule has 2 N–H and O–H groups in total. The number of carboxylic acid groups (broad SMARTS) is 2. The number of nitrogens with zero attached hydrogens (tertiary/aromatic N) is 5. The Labute approximate surface area is 247 Å². The summed E-state index contributed by atoms with van der Waals surface area (Å²) in [6, 6.07) is 14.1. The molecule has 44 heavy (non-hydrogen) atoms. The molecule has 0 radical (unpaired) electrons. The maximum absolute atomic E-state index is 12.8. The molecule has 16 heteroatoms. The summed E-state index contributed by atoms with van der Waals surface area (Å²) in [4.78, 5) is 48.6. The van der Waals surface area contributed by atoms with Gasteiger partial charge in [-0.25, -0.2) is 19.6 Å². The molecule has 3 aromatic rings. The summed E-state index contributed by atoms with van der Waals surface area (Å²) in [6.07, 6.45) is -2.74. The van der Waals surface area contributed by atoms with Crippen molar-refractivity contribution in [3.05, 3.63) is 77.9 Å². The van der Waals surface area contributed by atoms with Crippen LogP contribution < -0.4 is 0 Å². The van der Waals surface area contributed by atoms with Crippen molar-refractivity contribution >= 4 is 17.8 Å². The van der Waals surface area contributed by atoms with E-state index in [9.17, 15) is 31.1 Å². The number of aliphatic carboxylic acids is 2. The molecule has 10 nitrogen and oxygen atoms in total. The number of hydrogen-bond donors (Lipinski definition) is 2. The van der Waals surface area contributed by atoms with E-state index in [-0.39, 0.29) is 11.3 Å². The van der Waals surface area contributed by atoms with Gasteiger partial charge in [0.25, 0.3) is 5.91 Å². The zero-order valence-corrected chi connectivity index (χ0v) is 23.1. The molecule has 1 spiro atoms. The summed E-state index contributed by atoms with van der Waals surface area (Å²) >= 11 is 0. The summed E-state index contributed by atoms with van der Waals surface area (Å²) in [7, 11) is 1.89. The molecule has 1 aromatic carbocycles. The number of aromatic nitrogens is 3. The van der Waals surface area contributed by atoms with Crippen LogP contribution in [0.5, 0.6) is 0 Å². The lowest BCUT2D eigenvalue weighted by atomic mass is 9.71. The third kappa shape index (κ3) is 8.72. The van der Waals surface area contributed by atoms with Gasteiger partial charge in [-0.15, -0.1) is 0 Å². The van der Waals surface area contributed by atoms with Crippen LogP contribution in [0.25, 0.3) is 11.4 Å². The highest BCUT2D eigenvalue weighted by atomic mass is 19.4. The van der Waals surface area contributed by atoms with E-state index in [0.717, 1.165) is 43.7 Å². The average Bonchev–Trinajstić information content (AvgIpc) is 2.98. The standard InChI is InChI=1S/C24H25N5O.2C2HF3O2/c1-28-17-24(9-12-29(13-10-24)16-18-6-5-11-25-14-18)21-20(23(28)30)15-26-22(27-21)19-7-3-2-4-8-19;2*3-2(4,5)1(6)7/h2-8,11,14-15H,9-10,12-13,16-17H2,1H3;2*(H,6,7). The summed E-state index contributed by atoms with van der Waals surface area (Å²) < 4.78 is 63.5. The lowest BCUT2D eigenvalue weighted by Gasteiger charge is -2.46. The highest BCUT2D eigenvalue weighted by Gasteiger charge is 2.45. The molecular formula is C28H27F6N5O5. The molecular weight excluding hydrogens is 600 g/mol. The minimum atomic E-state index is -5.08. The Morgan fingerprint density at radius 3 is 1.98 bits per heavy atom. The first-order chi connectivity index (χ1) is 20.5. The first-order valence-electron chi connectivity index (χ1n) is 12.9. The van der Waals surface area contributed by atoms with Gasteiger partial charge in [0.1, 0.15) is 0 Å². The van der Waals surface area contributed by atoms with Gasteiger partial charge in [0, 0.05) is 49.7 Å². The highest BCUT2D eigenvalue weighted by Crippen LogP contribution is 2.41. The molecule has 2 aliphatic rings. The van der Waals surface area contributed by atoms with Gasteiger partial charge in [-0.05, 0) is 37.6 Å². The second-order valence-corrected chi connectivity index (χ2v) is 10.0. The zero-order valence-electron chi connectivity index (χ0n) is 23.1. The van der Waals surface area contributed by atoms with Gasteiger partial charge in [0.05, 0.1) is 11.3 Å². The predicted octanol–water partition coefficient (Wildman–Crippen LogP) is 4.42. The van der Waals surface area contributed by atoms with Crippen molar-refractivity contribution in [2.75, 3.05) is 26.7 Å². The Morgan fingerprint density at radius 1 is 0.909 bits per heavy atom. The maximum atomic E-state index is 12.8. The lowest BCUT2D eigenvalue weighted by Crippen LogP contribution is -2.53. The Morgan fingerprint density at radius 2 is 1.48 bits per heavy atom. The van der Waals surface area contributed by atoms with Crippen LogP contribution in [0.15, 0.2) is 61.1 Å². The van der Waals surface area contributed by atoms with Crippen molar-refractivity contribution in [2.24, 2.45) is 0 Å². The quantitative estimate of drug-likeness (QED) is 0.405. The van der Waals surface area contributed by atoms with E-state index in [4.69, 9.17) is 24.8 Å². The molecule has 236 valence electrons. The Hall–Kier alpha value is -4.60. The number of rotatable bonds is 3. The molecule has 2 aromatic heterocycles. The first-order valence-corrected chi connectivity index (χ1v) is 12.9. The minimum Gasteiger partial charge on any atom is -0.475 e. The second kappa shape index (κ2) is 13.8. The van der Waals surface area contributed by atoms with Crippen molar-refractivity contribution < 1.29 is 50.9 Å². The van der Waals surface area contributed by atoms with E-state index < -0.39 is 24.3 Å². The third-order valence-corrected chi connectivity index (χ3v) is 6.87. The minimum absolute atomic E-state index is 0.0213. The number of halogens is 6. The number of hydrogen-bond acceptors (Lipinski definition) is 7. The van der Waals surface area contributed by atoms with Gasteiger partial charge in [-0.1, -0.05) is 36.4 Å². The number of likely N-dealkylation sites (N-methyl/N-ethyl adjacent to an activating group) is 1. The Balaban J connectivity index is 0.000000317. The van der Waals surface area contributed by atoms with E-state index in [0.29, 0.717) is 17.9 Å². The van der Waals surface area contributed by atoms with Gasteiger partial charge in [-0.2, -0.15) is 26.3 Å². The summed E-state index contributed by atoms with van der Waals surface area (Å²) in [5.41, 5.74) is 3.69. The number of carbonyl (C=O) groups excluding carboxylic acids is 1. The number of fused-ring (bicyclic) bond motifs is 2. The monoisotopic (exact) mass is 627 g/mol. The number of pyridine rings is 1. The number of alkyl halides is 6. The zero-order chi connectivity index (χ0) is 32.7. The molecule has 5 rings (SSSR count). The van der Waals surface area contributed by atoms with E-state index in [1.54, 1.807) is 6.20 Å². The van der Waals surface area contributed by atoms with Gasteiger partial charge < -0.3 is 15.1 Å². The number of carboxylic acids is 2. The summed E-state index contributed by atoms with van der Waals surface area (Å²) in [5.74, 6) is -4.79. The van der Waals surface area contributed by atoms with Gasteiger partial charge in [0.15, 0.2) is 5.82 Å². The van der Waals surface area contributed by atoms with Crippen molar-refractivity contribution in [2.45, 2.75) is 37.2 Å². The van der Waals surface area contributed by atoms with Crippen molar-refractivity contribution in [1.29, 1.82) is 0 Å². The van der Waals surface area contributed by atoms with Crippen LogP contribution in [-0.4, -0.2) is 91.8 Å². The second-order valence-electron chi connectivity index (χ2n) is 10.0. The smallest absolute Gasteiger partial charge is 0.475 e. The van der Waals surface area contributed by atoms with Crippen molar-refractivity contribution in [1.82, 2.24) is 24.8 Å². The first kappa shape index (κ1) is 33.9. The normalized spacial score (nSPS) is 16.2. The van der Waals surface area contributed by atoms with Crippen LogP contribution in [0.3, 0.4) is 0 Å². The molecule has 1 saturated heterocycles. The predicted molar refractivity (Wildman–Crippen MR) is 142 cm³/mol. The van der Waals surface area contributed by atoms with E-state index in [1.807, 2.05) is 60.7 Å². The number of amides is 1. The number of piperidine rings is 1. The van der Waals surface area contributed by atoms with Crippen LogP contribution in [0.4, 0.5) is 26.3 Å². The molecule has 0 saturated carbocycles. The fourth-order valence-corrected chi connectivity index (χ4v) is 4.76. The number of carbonyl (C=O) groups is 3. The lowest BCUT2D eigenvalue weighted by molar-refractivity contribution is -0.193. The molecule has 4 heterocycles. The molecule has 1 fully saturated rings. The molecule has 0 bridgehead atoms. The van der Waals surface area contributed by atoms with Gasteiger partial charge in [0.2, 0.25) is 0 Å². The fourth-order valence-electron chi connectivity index (χ4n) is 4.76. The highest BCUT2D eigenvalue weighted by molar-refractivity contribution is 5.96. The molecule has 1 amide bonds. The Kier molecular flexibility index (Phi) is 10.6. The molecule has 0 unspecified atom stereocenters. The van der Waals surface area contributed by atoms with Gasteiger partial charge >= 0.3 is 24.3 Å². The average molecular weight is 628 g/mol. The van der Waals surface area contributed by atoms with Crippen LogP contribution >= 0.6 is 0 Å². The molecule has 0 atom stereocenters. The SMILES string of the molecule is CN1CC2(CCN(Cc3cccnc3)CC2)c2nc(-c3ccccc3)ncc2C1=O.O=C(O)C(F)(F)F.O=C(O)C(F)(F)F. The van der Waals surface area contributed by atoms with Crippen LogP contribution in [0.1, 0.15) is 34.5 Å². The van der Waals surface area contributed by atoms with Crippen LogP contribution in [0.2, 0.25) is 0 Å². The van der Waals surface area contributed by atoms with Crippen molar-refractivity contribution in [3.8, 4) is 11.4 Å². The number of benzene rings is 1. The third-order valence-electron chi connectivity index (χ3n) is 6.87. The van der Waals surface area contributed by atoms with Crippen LogP contribution in [0, 0.1) is 0 Å². The van der Waals surface area contributed by atoms with E-state index in [1.165, 1.54) is 5.56 Å². The fraction of sp³-hybridized carbons (Fsp3) is 0.357. The van der Waals surface area contributed by atoms with Crippen molar-refractivity contribution in [3.63, 3.8) is 0 Å². The Bertz CT molecular complexity index is 1420. The molecule has 2 aliphatic heterocycles. The summed E-state index contributed by atoms with van der Waals surface area (Å²) in [5, 5.41) is 14.2. The largest absolute Gasteiger partial charge is 0.490 e. The number of likely N-dealkylation sites (tertiary alicyclic amines) is 1. The summed E-state index contributed by atoms with van der Waals surface area (Å²) in [6.45, 7) is 3.57.